The van der Waals surface area contributed by atoms with E-state index < -0.39 is 0 Å². The van der Waals surface area contributed by atoms with E-state index in [1.165, 1.54) is 11.8 Å². The van der Waals surface area contributed by atoms with Gasteiger partial charge in [-0.1, -0.05) is 23.4 Å². The first-order valence-corrected chi connectivity index (χ1v) is 9.69. The van der Waals surface area contributed by atoms with Crippen LogP contribution in [0.15, 0.2) is 52.4 Å². The lowest BCUT2D eigenvalue weighted by Gasteiger charge is -2.29. The molecule has 5 nitrogen and oxygen atoms in total. The van der Waals surface area contributed by atoms with Crippen LogP contribution in [-0.2, 0) is 0 Å². The van der Waals surface area contributed by atoms with E-state index in [0.717, 1.165) is 15.2 Å². The third-order valence-electron chi connectivity index (χ3n) is 4.52. The molecule has 134 valence electrons. The Morgan fingerprint density at radius 2 is 1.96 bits per heavy atom. The number of fused-ring (bicyclic) bond motifs is 1. The number of H-pyrrole nitrogens is 1. The summed E-state index contributed by atoms with van der Waals surface area (Å²) in [4.78, 5) is 24.3. The summed E-state index contributed by atoms with van der Waals surface area (Å²) in [5.41, 5.74) is 1.25. The van der Waals surface area contributed by atoms with E-state index in [0.29, 0.717) is 42.3 Å². The second kappa shape index (κ2) is 7.31. The lowest BCUT2D eigenvalue weighted by Crippen LogP contribution is -2.40. The summed E-state index contributed by atoms with van der Waals surface area (Å²) in [6.45, 7) is 1.13. The summed E-state index contributed by atoms with van der Waals surface area (Å²) in [6, 6.07) is 11.4. The van der Waals surface area contributed by atoms with Gasteiger partial charge in [0.1, 0.15) is 11.3 Å². The van der Waals surface area contributed by atoms with Crippen LogP contribution >= 0.6 is 23.4 Å². The molecule has 3 heterocycles. The number of carbonyl (C=O) groups excluding carboxylic acids is 1. The average molecular weight is 388 g/mol. The standard InChI is InChI=1S/C19H18ClN3O2S/c20-12-3-5-14(6-4-12)26-17-15-2-1-9-21-18(15)22-16(17)19(25)23-10-7-13(24)8-11-23/h1-6,9,13,24H,7-8,10-11H2,(H,21,22). The van der Waals surface area contributed by atoms with Gasteiger partial charge in [0.05, 0.1) is 11.0 Å². The average Bonchev–Trinajstić information content (AvgIpc) is 3.02. The van der Waals surface area contributed by atoms with Gasteiger partial charge in [0.15, 0.2) is 0 Å². The fourth-order valence-corrected chi connectivity index (χ4v) is 4.25. The lowest BCUT2D eigenvalue weighted by atomic mass is 10.1. The summed E-state index contributed by atoms with van der Waals surface area (Å²) < 4.78 is 0. The number of amides is 1. The minimum Gasteiger partial charge on any atom is -0.393 e. The molecule has 0 spiro atoms. The van der Waals surface area contributed by atoms with E-state index in [2.05, 4.69) is 9.97 Å². The number of halogens is 1. The molecule has 0 atom stereocenters. The number of aromatic amines is 1. The van der Waals surface area contributed by atoms with Crippen LogP contribution in [0.2, 0.25) is 5.02 Å². The zero-order chi connectivity index (χ0) is 18.1. The third kappa shape index (κ3) is 3.45. The highest BCUT2D eigenvalue weighted by atomic mass is 35.5. The van der Waals surface area contributed by atoms with Gasteiger partial charge in [-0.15, -0.1) is 0 Å². The molecule has 0 radical (unpaired) electrons. The molecule has 2 aromatic heterocycles. The monoisotopic (exact) mass is 387 g/mol. The van der Waals surface area contributed by atoms with Gasteiger partial charge in [-0.2, -0.15) is 0 Å². The molecule has 1 fully saturated rings. The normalized spacial score (nSPS) is 15.5. The van der Waals surface area contributed by atoms with Crippen LogP contribution in [0.25, 0.3) is 11.0 Å². The molecule has 1 aromatic carbocycles. The molecule has 1 amide bonds. The van der Waals surface area contributed by atoms with Gasteiger partial charge in [-0.3, -0.25) is 4.79 Å². The molecule has 0 aliphatic carbocycles. The highest BCUT2D eigenvalue weighted by molar-refractivity contribution is 7.99. The number of piperidine rings is 1. The molecule has 3 aromatic rings. The number of nitrogens with zero attached hydrogens (tertiary/aromatic N) is 2. The van der Waals surface area contributed by atoms with Crippen molar-refractivity contribution in [3.8, 4) is 0 Å². The number of hydrogen-bond acceptors (Lipinski definition) is 4. The van der Waals surface area contributed by atoms with Crippen LogP contribution in [0.3, 0.4) is 0 Å². The Kier molecular flexibility index (Phi) is 4.89. The van der Waals surface area contributed by atoms with Crippen molar-refractivity contribution in [3.63, 3.8) is 0 Å². The summed E-state index contributed by atoms with van der Waals surface area (Å²) in [5.74, 6) is -0.0497. The smallest absolute Gasteiger partial charge is 0.271 e. The predicted molar refractivity (Wildman–Crippen MR) is 103 cm³/mol. The van der Waals surface area contributed by atoms with E-state index in [-0.39, 0.29) is 12.0 Å². The summed E-state index contributed by atoms with van der Waals surface area (Å²) in [7, 11) is 0. The van der Waals surface area contributed by atoms with Crippen molar-refractivity contribution >= 4 is 40.3 Å². The molecule has 0 bridgehead atoms. The maximum absolute atomic E-state index is 13.1. The summed E-state index contributed by atoms with van der Waals surface area (Å²) in [5, 5.41) is 11.3. The fraction of sp³-hybridized carbons (Fsp3) is 0.263. The highest BCUT2D eigenvalue weighted by Gasteiger charge is 2.27. The van der Waals surface area contributed by atoms with Crippen molar-refractivity contribution < 1.29 is 9.90 Å². The number of benzene rings is 1. The van der Waals surface area contributed by atoms with E-state index in [4.69, 9.17) is 11.6 Å². The van der Waals surface area contributed by atoms with Crippen molar-refractivity contribution in [2.24, 2.45) is 0 Å². The number of aliphatic hydroxyl groups excluding tert-OH is 1. The van der Waals surface area contributed by atoms with Gasteiger partial charge in [-0.25, -0.2) is 4.98 Å². The number of aliphatic hydroxyl groups is 1. The van der Waals surface area contributed by atoms with Crippen molar-refractivity contribution in [1.82, 2.24) is 14.9 Å². The molecule has 4 rings (SSSR count). The maximum Gasteiger partial charge on any atom is 0.271 e. The topological polar surface area (TPSA) is 69.2 Å². The Balaban J connectivity index is 1.71. The number of pyridine rings is 1. The first-order chi connectivity index (χ1) is 12.6. The Morgan fingerprint density at radius 1 is 1.23 bits per heavy atom. The van der Waals surface area contributed by atoms with E-state index in [9.17, 15) is 9.90 Å². The Hall–Kier alpha value is -2.02. The van der Waals surface area contributed by atoms with E-state index >= 15 is 0 Å². The number of aromatic nitrogens is 2. The molecule has 1 saturated heterocycles. The Labute approximate surface area is 160 Å². The molecule has 2 N–H and O–H groups in total. The van der Waals surface area contributed by atoms with Crippen LogP contribution in [0.1, 0.15) is 23.3 Å². The molecule has 26 heavy (non-hydrogen) atoms. The van der Waals surface area contributed by atoms with Gasteiger partial charge in [0, 0.05) is 34.6 Å². The van der Waals surface area contributed by atoms with Crippen LogP contribution in [0, 0.1) is 0 Å². The highest BCUT2D eigenvalue weighted by Crippen LogP contribution is 2.37. The third-order valence-corrected chi connectivity index (χ3v) is 5.91. The summed E-state index contributed by atoms with van der Waals surface area (Å²) >= 11 is 7.50. The minimum atomic E-state index is -0.314. The second-order valence-electron chi connectivity index (χ2n) is 6.31. The molecule has 1 aliphatic rings. The zero-order valence-electron chi connectivity index (χ0n) is 14.0. The van der Waals surface area contributed by atoms with Crippen molar-refractivity contribution in [2.45, 2.75) is 28.7 Å². The maximum atomic E-state index is 13.1. The van der Waals surface area contributed by atoms with Crippen molar-refractivity contribution in [1.29, 1.82) is 0 Å². The fourth-order valence-electron chi connectivity index (χ4n) is 3.10. The number of carbonyl (C=O) groups is 1. The largest absolute Gasteiger partial charge is 0.393 e. The van der Waals surface area contributed by atoms with Crippen LogP contribution < -0.4 is 0 Å². The Morgan fingerprint density at radius 3 is 2.69 bits per heavy atom. The molecule has 0 saturated carbocycles. The van der Waals surface area contributed by atoms with Crippen molar-refractivity contribution in [2.75, 3.05) is 13.1 Å². The number of nitrogens with one attached hydrogen (secondary N) is 1. The second-order valence-corrected chi connectivity index (χ2v) is 7.83. The van der Waals surface area contributed by atoms with Crippen LogP contribution in [0.5, 0.6) is 0 Å². The van der Waals surface area contributed by atoms with Crippen LogP contribution in [0.4, 0.5) is 0 Å². The molecule has 1 aliphatic heterocycles. The first-order valence-electron chi connectivity index (χ1n) is 8.49. The van der Waals surface area contributed by atoms with Gasteiger partial charge in [-0.05, 0) is 49.2 Å². The molecular formula is C19H18ClN3O2S. The lowest BCUT2D eigenvalue weighted by molar-refractivity contribution is 0.0539. The predicted octanol–water partition coefficient (Wildman–Crippen LogP) is 3.96. The number of likely N-dealkylation sites (tertiary alicyclic amines) is 1. The summed E-state index contributed by atoms with van der Waals surface area (Å²) in [6.07, 6.45) is 2.63. The van der Waals surface area contributed by atoms with Gasteiger partial charge < -0.3 is 15.0 Å². The molecular weight excluding hydrogens is 370 g/mol. The SMILES string of the molecule is O=C(c1[nH]c2ncccc2c1Sc1ccc(Cl)cc1)N1CCC(O)CC1. The first kappa shape index (κ1) is 17.4. The molecule has 7 heteroatoms. The number of rotatable bonds is 3. The van der Waals surface area contributed by atoms with Gasteiger partial charge in [0.2, 0.25) is 0 Å². The number of hydrogen-bond donors (Lipinski definition) is 2. The quantitative estimate of drug-likeness (QED) is 0.713. The Bertz CT molecular complexity index is 934. The van der Waals surface area contributed by atoms with Gasteiger partial charge >= 0.3 is 0 Å². The van der Waals surface area contributed by atoms with E-state index in [1.54, 1.807) is 11.1 Å². The van der Waals surface area contributed by atoms with Crippen molar-refractivity contribution in [3.05, 3.63) is 53.3 Å². The zero-order valence-corrected chi connectivity index (χ0v) is 15.6. The minimum absolute atomic E-state index is 0.0497. The molecule has 0 unspecified atom stereocenters. The van der Waals surface area contributed by atoms with Crippen LogP contribution in [-0.4, -0.2) is 45.1 Å². The van der Waals surface area contributed by atoms with Gasteiger partial charge in [0.25, 0.3) is 5.91 Å². The van der Waals surface area contributed by atoms with E-state index in [1.807, 2.05) is 36.4 Å².